The van der Waals surface area contributed by atoms with Gasteiger partial charge in [0.1, 0.15) is 5.69 Å². The molecule has 114 valence electrons. The van der Waals surface area contributed by atoms with Crippen molar-refractivity contribution < 1.29 is 9.72 Å². The van der Waals surface area contributed by atoms with Crippen molar-refractivity contribution in [1.29, 1.82) is 0 Å². The Bertz CT molecular complexity index is 557. The lowest BCUT2D eigenvalue weighted by atomic mass is 10.1. The fraction of sp³-hybridized carbons (Fsp3) is 0.500. The fourth-order valence-corrected chi connectivity index (χ4v) is 2.67. The van der Waals surface area contributed by atoms with Crippen molar-refractivity contribution in [3.05, 3.63) is 32.8 Å². The van der Waals surface area contributed by atoms with Gasteiger partial charge in [0.25, 0.3) is 11.6 Å². The van der Waals surface area contributed by atoms with Crippen LogP contribution in [-0.2, 0) is 0 Å². The van der Waals surface area contributed by atoms with Crippen LogP contribution < -0.4 is 5.32 Å². The fourth-order valence-electron chi connectivity index (χ4n) is 2.39. The molecule has 1 aliphatic rings. The van der Waals surface area contributed by atoms with E-state index >= 15 is 0 Å². The van der Waals surface area contributed by atoms with Gasteiger partial charge in [-0.15, -0.1) is 0 Å². The summed E-state index contributed by atoms with van der Waals surface area (Å²) in [6.07, 6.45) is 2.76. The summed E-state index contributed by atoms with van der Waals surface area (Å²) in [7, 11) is 0. The van der Waals surface area contributed by atoms with E-state index in [9.17, 15) is 14.9 Å². The van der Waals surface area contributed by atoms with Crippen LogP contribution in [0.4, 0.5) is 11.4 Å². The van der Waals surface area contributed by atoms with Crippen LogP contribution in [0.3, 0.4) is 0 Å². The van der Waals surface area contributed by atoms with Gasteiger partial charge >= 0.3 is 0 Å². The van der Waals surface area contributed by atoms with Gasteiger partial charge in [-0.3, -0.25) is 14.9 Å². The Labute approximate surface area is 128 Å². The molecule has 21 heavy (non-hydrogen) atoms. The van der Waals surface area contributed by atoms with E-state index in [-0.39, 0.29) is 27.9 Å². The van der Waals surface area contributed by atoms with Crippen molar-refractivity contribution in [2.45, 2.75) is 26.2 Å². The van der Waals surface area contributed by atoms with E-state index in [0.717, 1.165) is 19.3 Å². The van der Waals surface area contributed by atoms with Crippen LogP contribution >= 0.6 is 11.6 Å². The topological polar surface area (TPSA) is 75.5 Å². The maximum Gasteiger partial charge on any atom is 0.294 e. The zero-order valence-corrected chi connectivity index (χ0v) is 12.7. The summed E-state index contributed by atoms with van der Waals surface area (Å²) in [5.74, 6) is -0.195. The van der Waals surface area contributed by atoms with Gasteiger partial charge in [-0.05, 0) is 25.3 Å². The molecule has 0 saturated carbocycles. The first kappa shape index (κ1) is 15.6. The lowest BCUT2D eigenvalue weighted by molar-refractivity contribution is -0.384. The molecule has 0 atom stereocenters. The Morgan fingerprint density at radius 3 is 2.67 bits per heavy atom. The van der Waals surface area contributed by atoms with Crippen LogP contribution in [0.15, 0.2) is 12.1 Å². The maximum absolute atomic E-state index is 12.3. The Morgan fingerprint density at radius 1 is 1.43 bits per heavy atom. The Balaban J connectivity index is 2.35. The third-order valence-corrected chi connectivity index (χ3v) is 3.76. The van der Waals surface area contributed by atoms with E-state index in [1.54, 1.807) is 4.90 Å². The molecule has 6 nitrogen and oxygen atoms in total. The van der Waals surface area contributed by atoms with Gasteiger partial charge in [0.2, 0.25) is 0 Å². The van der Waals surface area contributed by atoms with Gasteiger partial charge in [0, 0.05) is 31.3 Å². The number of amides is 1. The minimum atomic E-state index is -0.509. The molecule has 0 spiro atoms. The highest BCUT2D eigenvalue weighted by Crippen LogP contribution is 2.34. The number of halogens is 1. The van der Waals surface area contributed by atoms with Gasteiger partial charge in [0.05, 0.1) is 9.95 Å². The van der Waals surface area contributed by atoms with Gasteiger partial charge in [-0.2, -0.15) is 0 Å². The van der Waals surface area contributed by atoms with Crippen molar-refractivity contribution in [2.24, 2.45) is 0 Å². The number of nitrogens with zero attached hydrogens (tertiary/aromatic N) is 2. The number of rotatable bonds is 5. The van der Waals surface area contributed by atoms with Crippen LogP contribution in [0.2, 0.25) is 5.02 Å². The molecule has 2 rings (SSSR count). The van der Waals surface area contributed by atoms with Crippen LogP contribution in [0.1, 0.15) is 36.5 Å². The van der Waals surface area contributed by atoms with E-state index in [1.807, 2.05) is 6.92 Å². The summed E-state index contributed by atoms with van der Waals surface area (Å²) in [6.45, 7) is 3.93. The lowest BCUT2D eigenvalue weighted by Crippen LogP contribution is -2.27. The van der Waals surface area contributed by atoms with Crippen LogP contribution in [0.25, 0.3) is 0 Å². The van der Waals surface area contributed by atoms with E-state index in [0.29, 0.717) is 19.6 Å². The number of hydrogen-bond donors (Lipinski definition) is 1. The second-order valence-electron chi connectivity index (χ2n) is 5.04. The predicted octanol–water partition coefficient (Wildman–Crippen LogP) is 3.31. The number of anilines is 1. The molecular weight excluding hydrogens is 294 g/mol. The third kappa shape index (κ3) is 3.44. The van der Waals surface area contributed by atoms with E-state index in [4.69, 9.17) is 11.6 Å². The second kappa shape index (κ2) is 6.76. The Hall–Kier alpha value is -1.82. The van der Waals surface area contributed by atoms with Crippen molar-refractivity contribution >= 4 is 28.9 Å². The van der Waals surface area contributed by atoms with Gasteiger partial charge < -0.3 is 10.2 Å². The van der Waals surface area contributed by atoms with E-state index in [1.165, 1.54) is 12.1 Å². The number of nitro benzene ring substituents is 1. The van der Waals surface area contributed by atoms with Crippen molar-refractivity contribution in [2.75, 3.05) is 25.0 Å². The first-order chi connectivity index (χ1) is 10.0. The molecule has 0 aliphatic carbocycles. The van der Waals surface area contributed by atoms with Crippen LogP contribution in [-0.4, -0.2) is 35.4 Å². The number of carbonyl (C=O) groups excluding carboxylic acids is 1. The molecule has 0 unspecified atom stereocenters. The van der Waals surface area contributed by atoms with Crippen molar-refractivity contribution in [1.82, 2.24) is 4.90 Å². The number of nitro groups is 1. The largest absolute Gasteiger partial charge is 0.378 e. The minimum absolute atomic E-state index is 0.154. The molecule has 1 amide bonds. The summed E-state index contributed by atoms with van der Waals surface area (Å²) in [5.41, 5.74) is 0.399. The smallest absolute Gasteiger partial charge is 0.294 e. The molecule has 0 radical (unpaired) electrons. The summed E-state index contributed by atoms with van der Waals surface area (Å²) in [5, 5.41) is 14.4. The molecule has 7 heteroatoms. The van der Waals surface area contributed by atoms with Gasteiger partial charge in [-0.25, -0.2) is 0 Å². The normalized spacial score (nSPS) is 14.3. The highest BCUT2D eigenvalue weighted by molar-refractivity contribution is 6.34. The summed E-state index contributed by atoms with van der Waals surface area (Å²) in [4.78, 5) is 24.7. The van der Waals surface area contributed by atoms with Gasteiger partial charge in [-0.1, -0.05) is 18.5 Å². The first-order valence-corrected chi connectivity index (χ1v) is 7.43. The van der Waals surface area contributed by atoms with Crippen molar-refractivity contribution in [3.8, 4) is 0 Å². The maximum atomic E-state index is 12.3. The monoisotopic (exact) mass is 311 g/mol. The van der Waals surface area contributed by atoms with Crippen molar-refractivity contribution in [3.63, 3.8) is 0 Å². The molecule has 1 fully saturated rings. The molecule has 1 heterocycles. The van der Waals surface area contributed by atoms with E-state index in [2.05, 4.69) is 5.32 Å². The number of nitrogens with one attached hydrogen (secondary N) is 1. The molecule has 1 aromatic carbocycles. The molecule has 1 aliphatic heterocycles. The lowest BCUT2D eigenvalue weighted by Gasteiger charge is -2.16. The third-order valence-electron chi connectivity index (χ3n) is 3.46. The molecular formula is C14H18ClN3O3. The molecule has 1 saturated heterocycles. The van der Waals surface area contributed by atoms with Gasteiger partial charge in [0.15, 0.2) is 0 Å². The van der Waals surface area contributed by atoms with E-state index < -0.39 is 4.92 Å². The summed E-state index contributed by atoms with van der Waals surface area (Å²) < 4.78 is 0. The minimum Gasteiger partial charge on any atom is -0.378 e. The zero-order valence-electron chi connectivity index (χ0n) is 11.9. The highest BCUT2D eigenvalue weighted by atomic mass is 35.5. The first-order valence-electron chi connectivity index (χ1n) is 7.05. The van der Waals surface area contributed by atoms with Crippen LogP contribution in [0.5, 0.6) is 0 Å². The average Bonchev–Trinajstić information content (AvgIpc) is 2.98. The Kier molecular flexibility index (Phi) is 5.01. The molecule has 1 N–H and O–H groups in total. The number of likely N-dealkylation sites (tertiary alicyclic amines) is 1. The highest BCUT2D eigenvalue weighted by Gasteiger charge is 2.25. The summed E-state index contributed by atoms with van der Waals surface area (Å²) in [6, 6.07) is 2.82. The SMILES string of the molecule is CCCNc1c(Cl)cc(C(=O)N2CCCC2)cc1[N+](=O)[O-]. The number of hydrogen-bond acceptors (Lipinski definition) is 4. The number of carbonyl (C=O) groups is 1. The molecule has 0 aromatic heterocycles. The van der Waals surface area contributed by atoms with Crippen LogP contribution in [0, 0.1) is 10.1 Å². The molecule has 1 aromatic rings. The predicted molar refractivity (Wildman–Crippen MR) is 82.0 cm³/mol. The average molecular weight is 312 g/mol. The quantitative estimate of drug-likeness (QED) is 0.668. The summed E-state index contributed by atoms with van der Waals surface area (Å²) >= 11 is 6.13. The Morgan fingerprint density at radius 2 is 2.10 bits per heavy atom. The molecule has 0 bridgehead atoms. The second-order valence-corrected chi connectivity index (χ2v) is 5.44. The number of benzene rings is 1. The standard InChI is InChI=1S/C14H18ClN3O3/c1-2-5-16-13-11(15)8-10(9-12(13)18(20)21)14(19)17-6-3-4-7-17/h8-9,16H,2-7H2,1H3. The zero-order chi connectivity index (χ0) is 15.4.